The Kier molecular flexibility index (Phi) is 4.78. The molecule has 2 aromatic rings. The average Bonchev–Trinajstić information content (AvgIpc) is 2.71. The minimum Gasteiger partial charge on any atom is -0.314 e. The first kappa shape index (κ1) is 15.7. The Hall–Kier alpha value is -1.68. The topological polar surface area (TPSA) is 42.7 Å². The van der Waals surface area contributed by atoms with Crippen molar-refractivity contribution in [3.05, 3.63) is 40.8 Å². The summed E-state index contributed by atoms with van der Waals surface area (Å²) >= 11 is 0. The van der Waals surface area contributed by atoms with Gasteiger partial charge in [0.25, 0.3) is 0 Å². The van der Waals surface area contributed by atoms with E-state index in [0.29, 0.717) is 12.0 Å². The summed E-state index contributed by atoms with van der Waals surface area (Å²) in [6, 6.07) is 4.58. The number of hydrogen-bond acceptors (Lipinski definition) is 3. The maximum atomic E-state index is 4.70. The van der Waals surface area contributed by atoms with Crippen molar-refractivity contribution >= 4 is 0 Å². The first-order chi connectivity index (χ1) is 9.90. The van der Waals surface area contributed by atoms with Gasteiger partial charge in [0.1, 0.15) is 0 Å². The maximum Gasteiger partial charge on any atom is 0.153 e. The average molecular weight is 286 g/mol. The van der Waals surface area contributed by atoms with Crippen LogP contribution in [0.4, 0.5) is 0 Å². The molecule has 0 amide bonds. The van der Waals surface area contributed by atoms with Crippen LogP contribution >= 0.6 is 0 Å². The van der Waals surface area contributed by atoms with Crippen LogP contribution in [0.5, 0.6) is 0 Å². The monoisotopic (exact) mass is 286 g/mol. The minimum atomic E-state index is 0.436. The Morgan fingerprint density at radius 3 is 2.52 bits per heavy atom. The van der Waals surface area contributed by atoms with Crippen molar-refractivity contribution in [2.75, 3.05) is 6.54 Å². The summed E-state index contributed by atoms with van der Waals surface area (Å²) in [7, 11) is 0. The van der Waals surface area contributed by atoms with Crippen LogP contribution in [0.25, 0.3) is 5.82 Å². The van der Waals surface area contributed by atoms with E-state index in [0.717, 1.165) is 18.1 Å². The minimum absolute atomic E-state index is 0.436. The molecular formula is C17H26N4. The van der Waals surface area contributed by atoms with Gasteiger partial charge in [-0.25, -0.2) is 9.67 Å². The summed E-state index contributed by atoms with van der Waals surface area (Å²) < 4.78 is 1.96. The van der Waals surface area contributed by atoms with Gasteiger partial charge < -0.3 is 5.32 Å². The predicted octanol–water partition coefficient (Wildman–Crippen LogP) is 3.29. The van der Waals surface area contributed by atoms with Crippen LogP contribution in [0.2, 0.25) is 0 Å². The van der Waals surface area contributed by atoms with Crippen molar-refractivity contribution in [2.24, 2.45) is 0 Å². The fraction of sp³-hybridized carbons (Fsp3) is 0.529. The molecule has 114 valence electrons. The van der Waals surface area contributed by atoms with E-state index in [4.69, 9.17) is 5.10 Å². The third-order valence-corrected chi connectivity index (χ3v) is 3.79. The lowest BCUT2D eigenvalue weighted by atomic mass is 9.99. The van der Waals surface area contributed by atoms with Crippen molar-refractivity contribution in [3.63, 3.8) is 0 Å². The first-order valence-electron chi connectivity index (χ1n) is 7.62. The fourth-order valence-electron chi connectivity index (χ4n) is 2.74. The number of nitrogens with zero attached hydrogens (tertiary/aromatic N) is 3. The summed E-state index contributed by atoms with van der Waals surface area (Å²) in [5.41, 5.74) is 4.80. The van der Waals surface area contributed by atoms with Gasteiger partial charge >= 0.3 is 0 Å². The smallest absolute Gasteiger partial charge is 0.153 e. The van der Waals surface area contributed by atoms with Crippen LogP contribution in [-0.2, 0) is 0 Å². The van der Waals surface area contributed by atoms with Crippen LogP contribution in [0.3, 0.4) is 0 Å². The van der Waals surface area contributed by atoms with Crippen molar-refractivity contribution < 1.29 is 0 Å². The maximum absolute atomic E-state index is 4.70. The van der Waals surface area contributed by atoms with Crippen LogP contribution in [-0.4, -0.2) is 27.4 Å². The highest BCUT2D eigenvalue weighted by Crippen LogP contribution is 2.24. The quantitative estimate of drug-likeness (QED) is 0.917. The highest BCUT2D eigenvalue weighted by atomic mass is 15.3. The number of pyridine rings is 1. The predicted molar refractivity (Wildman–Crippen MR) is 87.1 cm³/mol. The molecule has 4 nitrogen and oxygen atoms in total. The van der Waals surface area contributed by atoms with E-state index >= 15 is 0 Å². The summed E-state index contributed by atoms with van der Waals surface area (Å²) in [5, 5.41) is 8.20. The van der Waals surface area contributed by atoms with Crippen LogP contribution in [0, 0.1) is 20.8 Å². The number of nitrogens with one attached hydrogen (secondary N) is 1. The van der Waals surface area contributed by atoms with E-state index < -0.39 is 0 Å². The molecule has 21 heavy (non-hydrogen) atoms. The molecule has 0 spiro atoms. The molecule has 2 aromatic heterocycles. The fourth-order valence-corrected chi connectivity index (χ4v) is 2.74. The molecule has 2 heterocycles. The highest BCUT2D eigenvalue weighted by molar-refractivity contribution is 5.36. The van der Waals surface area contributed by atoms with Gasteiger partial charge in [0, 0.05) is 30.0 Å². The van der Waals surface area contributed by atoms with Crippen molar-refractivity contribution in [2.45, 2.75) is 53.5 Å². The lowest BCUT2D eigenvalue weighted by Crippen LogP contribution is -2.27. The number of aryl methyl sites for hydroxylation is 2. The van der Waals surface area contributed by atoms with Crippen LogP contribution in [0.15, 0.2) is 18.3 Å². The molecule has 1 N–H and O–H groups in total. The van der Waals surface area contributed by atoms with E-state index in [1.165, 1.54) is 16.8 Å². The van der Waals surface area contributed by atoms with Gasteiger partial charge in [0.15, 0.2) is 5.82 Å². The molecule has 0 aliphatic rings. The zero-order valence-electron chi connectivity index (χ0n) is 13.9. The Balaban J connectivity index is 2.33. The van der Waals surface area contributed by atoms with Gasteiger partial charge in [0.2, 0.25) is 0 Å². The molecule has 1 unspecified atom stereocenters. The van der Waals surface area contributed by atoms with E-state index in [-0.39, 0.29) is 0 Å². The zero-order chi connectivity index (χ0) is 15.6. The van der Waals surface area contributed by atoms with Gasteiger partial charge in [-0.3, -0.25) is 0 Å². The molecule has 2 rings (SSSR count). The lowest BCUT2D eigenvalue weighted by Gasteiger charge is -2.15. The molecule has 0 aliphatic carbocycles. The summed E-state index contributed by atoms with van der Waals surface area (Å²) in [5.74, 6) is 1.33. The van der Waals surface area contributed by atoms with E-state index in [1.54, 1.807) is 0 Å². The van der Waals surface area contributed by atoms with Crippen LogP contribution < -0.4 is 5.32 Å². The lowest BCUT2D eigenvalue weighted by molar-refractivity contribution is 0.546. The van der Waals surface area contributed by atoms with E-state index in [2.05, 4.69) is 57.9 Å². The Bertz CT molecular complexity index is 613. The molecular weight excluding hydrogens is 260 g/mol. The SMILES string of the molecule is Cc1ccnc(-n2nc(C)c(C(C)CNC(C)C)c2C)c1. The summed E-state index contributed by atoms with van der Waals surface area (Å²) in [4.78, 5) is 4.44. The Labute approximate surface area is 127 Å². The Morgan fingerprint density at radius 2 is 1.90 bits per heavy atom. The molecule has 0 aliphatic heterocycles. The van der Waals surface area contributed by atoms with Gasteiger partial charge in [-0.15, -0.1) is 0 Å². The van der Waals surface area contributed by atoms with Gasteiger partial charge in [-0.05, 0) is 44.4 Å². The summed E-state index contributed by atoms with van der Waals surface area (Å²) in [6.07, 6.45) is 1.84. The normalized spacial score (nSPS) is 12.9. The molecule has 0 fully saturated rings. The molecule has 1 atom stereocenters. The van der Waals surface area contributed by atoms with Gasteiger partial charge in [0.05, 0.1) is 5.69 Å². The van der Waals surface area contributed by atoms with Crippen LogP contribution in [0.1, 0.15) is 49.2 Å². The third-order valence-electron chi connectivity index (χ3n) is 3.79. The van der Waals surface area contributed by atoms with E-state index in [1.807, 2.05) is 16.9 Å². The Morgan fingerprint density at radius 1 is 1.19 bits per heavy atom. The van der Waals surface area contributed by atoms with Crippen molar-refractivity contribution in [3.8, 4) is 5.82 Å². The number of hydrogen-bond donors (Lipinski definition) is 1. The molecule has 0 aromatic carbocycles. The molecule has 4 heteroatoms. The highest BCUT2D eigenvalue weighted by Gasteiger charge is 2.18. The standard InChI is InChI=1S/C17H26N4/c1-11(2)19-10-13(4)17-14(5)20-21(15(17)6)16-9-12(3)7-8-18-16/h7-9,11,13,19H,10H2,1-6H3. The molecule has 0 saturated heterocycles. The second-order valence-corrected chi connectivity index (χ2v) is 6.15. The van der Waals surface area contributed by atoms with E-state index in [9.17, 15) is 0 Å². The molecule has 0 bridgehead atoms. The third kappa shape index (κ3) is 3.50. The molecule has 0 saturated carbocycles. The second-order valence-electron chi connectivity index (χ2n) is 6.15. The zero-order valence-corrected chi connectivity index (χ0v) is 13.9. The summed E-state index contributed by atoms with van der Waals surface area (Å²) in [6.45, 7) is 13.9. The van der Waals surface area contributed by atoms with Crippen molar-refractivity contribution in [1.82, 2.24) is 20.1 Å². The number of rotatable bonds is 5. The molecule has 0 radical (unpaired) electrons. The second kappa shape index (κ2) is 6.39. The van der Waals surface area contributed by atoms with Gasteiger partial charge in [-0.1, -0.05) is 20.8 Å². The number of aromatic nitrogens is 3. The van der Waals surface area contributed by atoms with Gasteiger partial charge in [-0.2, -0.15) is 5.10 Å². The largest absolute Gasteiger partial charge is 0.314 e. The first-order valence-corrected chi connectivity index (χ1v) is 7.62. The van der Waals surface area contributed by atoms with Crippen molar-refractivity contribution in [1.29, 1.82) is 0 Å².